The summed E-state index contributed by atoms with van der Waals surface area (Å²) in [4.78, 5) is 4.41. The highest BCUT2D eigenvalue weighted by Gasteiger charge is 2.21. The Balaban J connectivity index is 2.26. The van der Waals surface area contributed by atoms with Crippen molar-refractivity contribution >= 4 is 5.82 Å². The SMILES string of the molecule is N#Cc1ccc(-c2c(C#N)c(N)nc3c2CCCC3)cc1. The van der Waals surface area contributed by atoms with Crippen LogP contribution >= 0.6 is 0 Å². The molecule has 1 heterocycles. The molecule has 21 heavy (non-hydrogen) atoms. The Morgan fingerprint density at radius 3 is 2.38 bits per heavy atom. The maximum atomic E-state index is 9.44. The van der Waals surface area contributed by atoms with Crippen LogP contribution in [0.1, 0.15) is 35.2 Å². The smallest absolute Gasteiger partial charge is 0.142 e. The van der Waals surface area contributed by atoms with E-state index in [0.717, 1.165) is 48.1 Å². The molecule has 1 aromatic heterocycles. The lowest BCUT2D eigenvalue weighted by Gasteiger charge is -2.21. The van der Waals surface area contributed by atoms with Gasteiger partial charge in [-0.25, -0.2) is 4.98 Å². The fourth-order valence-electron chi connectivity index (χ4n) is 2.91. The van der Waals surface area contributed by atoms with Gasteiger partial charge in [0.25, 0.3) is 0 Å². The third-order valence-corrected chi connectivity index (χ3v) is 3.92. The van der Waals surface area contributed by atoms with E-state index in [0.29, 0.717) is 16.9 Å². The molecule has 4 heteroatoms. The van der Waals surface area contributed by atoms with Crippen LogP contribution in [0.4, 0.5) is 5.82 Å². The van der Waals surface area contributed by atoms with Gasteiger partial charge in [-0.1, -0.05) is 12.1 Å². The Morgan fingerprint density at radius 2 is 1.71 bits per heavy atom. The first-order chi connectivity index (χ1) is 10.2. The topological polar surface area (TPSA) is 86.5 Å². The summed E-state index contributed by atoms with van der Waals surface area (Å²) >= 11 is 0. The summed E-state index contributed by atoms with van der Waals surface area (Å²) in [7, 11) is 0. The third-order valence-electron chi connectivity index (χ3n) is 3.92. The first kappa shape index (κ1) is 13.1. The molecule has 0 saturated heterocycles. The molecule has 0 unspecified atom stereocenters. The van der Waals surface area contributed by atoms with Crippen LogP contribution in [-0.4, -0.2) is 4.98 Å². The third kappa shape index (κ3) is 2.22. The minimum absolute atomic E-state index is 0.303. The summed E-state index contributed by atoms with van der Waals surface area (Å²) in [5.41, 5.74) is 11.0. The van der Waals surface area contributed by atoms with Crippen molar-refractivity contribution in [3.8, 4) is 23.3 Å². The predicted molar refractivity (Wildman–Crippen MR) is 80.2 cm³/mol. The molecule has 4 nitrogen and oxygen atoms in total. The van der Waals surface area contributed by atoms with Crippen LogP contribution < -0.4 is 5.73 Å². The molecular weight excluding hydrogens is 260 g/mol. The first-order valence-corrected chi connectivity index (χ1v) is 6.96. The highest BCUT2D eigenvalue weighted by molar-refractivity contribution is 5.79. The van der Waals surface area contributed by atoms with Crippen molar-refractivity contribution in [2.24, 2.45) is 0 Å². The molecule has 0 fully saturated rings. The van der Waals surface area contributed by atoms with Crippen molar-refractivity contribution in [2.45, 2.75) is 25.7 Å². The molecule has 0 amide bonds. The lowest BCUT2D eigenvalue weighted by atomic mass is 9.86. The van der Waals surface area contributed by atoms with E-state index in [-0.39, 0.29) is 0 Å². The fraction of sp³-hybridized carbons (Fsp3) is 0.235. The van der Waals surface area contributed by atoms with Crippen LogP contribution in [0, 0.1) is 22.7 Å². The van der Waals surface area contributed by atoms with Gasteiger partial charge in [0.05, 0.1) is 11.6 Å². The summed E-state index contributed by atoms with van der Waals surface area (Å²) in [5.74, 6) is 0.303. The van der Waals surface area contributed by atoms with Gasteiger partial charge >= 0.3 is 0 Å². The molecule has 2 aromatic rings. The van der Waals surface area contributed by atoms with Crippen molar-refractivity contribution in [3.63, 3.8) is 0 Å². The van der Waals surface area contributed by atoms with E-state index in [9.17, 15) is 5.26 Å². The van der Waals surface area contributed by atoms with Crippen LogP contribution in [0.3, 0.4) is 0 Å². The minimum atomic E-state index is 0.303. The van der Waals surface area contributed by atoms with Crippen LogP contribution in [0.5, 0.6) is 0 Å². The number of pyridine rings is 1. The van der Waals surface area contributed by atoms with Gasteiger partial charge in [-0.2, -0.15) is 10.5 Å². The molecule has 102 valence electrons. The van der Waals surface area contributed by atoms with Gasteiger partial charge in [0.1, 0.15) is 17.5 Å². The van der Waals surface area contributed by atoms with Crippen LogP contribution in [0.2, 0.25) is 0 Å². The molecule has 0 radical (unpaired) electrons. The van der Waals surface area contributed by atoms with Gasteiger partial charge in [-0.3, -0.25) is 0 Å². The van der Waals surface area contributed by atoms with Crippen molar-refractivity contribution in [2.75, 3.05) is 5.73 Å². The number of nitriles is 2. The zero-order valence-electron chi connectivity index (χ0n) is 11.6. The fourth-order valence-corrected chi connectivity index (χ4v) is 2.91. The van der Waals surface area contributed by atoms with Crippen LogP contribution in [-0.2, 0) is 12.8 Å². The van der Waals surface area contributed by atoms with Crippen LogP contribution in [0.25, 0.3) is 11.1 Å². The lowest BCUT2D eigenvalue weighted by molar-refractivity contribution is 0.670. The second kappa shape index (κ2) is 5.26. The lowest BCUT2D eigenvalue weighted by Crippen LogP contribution is -2.11. The average molecular weight is 274 g/mol. The van der Waals surface area contributed by atoms with E-state index in [1.165, 1.54) is 0 Å². The highest BCUT2D eigenvalue weighted by Crippen LogP contribution is 2.35. The van der Waals surface area contributed by atoms with E-state index in [1.807, 2.05) is 12.1 Å². The van der Waals surface area contributed by atoms with Crippen molar-refractivity contribution < 1.29 is 0 Å². The number of benzene rings is 1. The number of aryl methyl sites for hydroxylation is 1. The molecule has 1 aliphatic rings. The van der Waals surface area contributed by atoms with Gasteiger partial charge in [-0.15, -0.1) is 0 Å². The maximum absolute atomic E-state index is 9.44. The molecular formula is C17H14N4. The number of nitrogens with two attached hydrogens (primary N) is 1. The largest absolute Gasteiger partial charge is 0.383 e. The van der Waals surface area contributed by atoms with Gasteiger partial charge < -0.3 is 5.73 Å². The second-order valence-corrected chi connectivity index (χ2v) is 5.18. The van der Waals surface area contributed by atoms with Crippen molar-refractivity contribution in [1.29, 1.82) is 10.5 Å². The number of aromatic nitrogens is 1. The number of nitrogen functional groups attached to an aromatic ring is 1. The number of hydrogen-bond donors (Lipinski definition) is 1. The maximum Gasteiger partial charge on any atom is 0.142 e. The summed E-state index contributed by atoms with van der Waals surface area (Å²) in [6.07, 6.45) is 4.05. The summed E-state index contributed by atoms with van der Waals surface area (Å²) in [5, 5.41) is 18.3. The molecule has 0 spiro atoms. The van der Waals surface area contributed by atoms with Gasteiger partial charge in [0.15, 0.2) is 0 Å². The van der Waals surface area contributed by atoms with E-state index in [2.05, 4.69) is 17.1 Å². The zero-order valence-corrected chi connectivity index (χ0v) is 11.6. The first-order valence-electron chi connectivity index (χ1n) is 6.96. The highest BCUT2D eigenvalue weighted by atomic mass is 14.9. The van der Waals surface area contributed by atoms with Crippen LogP contribution in [0.15, 0.2) is 24.3 Å². The molecule has 1 aliphatic carbocycles. The molecule has 0 saturated carbocycles. The monoisotopic (exact) mass is 274 g/mol. The zero-order chi connectivity index (χ0) is 14.8. The number of anilines is 1. The molecule has 3 rings (SSSR count). The van der Waals surface area contributed by atoms with Crippen molar-refractivity contribution in [3.05, 3.63) is 46.6 Å². The molecule has 0 bridgehead atoms. The van der Waals surface area contributed by atoms with E-state index < -0.39 is 0 Å². The molecule has 1 aromatic carbocycles. The van der Waals surface area contributed by atoms with E-state index in [4.69, 9.17) is 11.0 Å². The Morgan fingerprint density at radius 1 is 1.00 bits per heavy atom. The Hall–Kier alpha value is -2.85. The summed E-state index contributed by atoms with van der Waals surface area (Å²) < 4.78 is 0. The molecule has 2 N–H and O–H groups in total. The summed E-state index contributed by atoms with van der Waals surface area (Å²) in [6.45, 7) is 0. The number of hydrogen-bond acceptors (Lipinski definition) is 4. The normalized spacial score (nSPS) is 13.0. The van der Waals surface area contributed by atoms with Crippen molar-refractivity contribution in [1.82, 2.24) is 4.98 Å². The van der Waals surface area contributed by atoms with E-state index >= 15 is 0 Å². The van der Waals surface area contributed by atoms with Gasteiger partial charge in [-0.05, 0) is 48.9 Å². The number of rotatable bonds is 1. The Labute approximate surface area is 123 Å². The number of nitrogens with zero attached hydrogens (tertiary/aromatic N) is 3. The quantitative estimate of drug-likeness (QED) is 0.866. The Bertz CT molecular complexity index is 776. The predicted octanol–water partition coefficient (Wildman–Crippen LogP) is 2.95. The Kier molecular flexibility index (Phi) is 3.30. The molecule has 0 aliphatic heterocycles. The average Bonchev–Trinajstić information content (AvgIpc) is 2.53. The molecule has 0 atom stereocenters. The van der Waals surface area contributed by atoms with Gasteiger partial charge in [0.2, 0.25) is 0 Å². The summed E-state index contributed by atoms with van der Waals surface area (Å²) in [6, 6.07) is 11.6. The second-order valence-electron chi connectivity index (χ2n) is 5.18. The standard InChI is InChI=1S/C17H14N4/c18-9-11-5-7-12(8-6-11)16-13-3-1-2-4-15(13)21-17(20)14(16)10-19/h5-8H,1-4H2,(H2,20,21). The van der Waals surface area contributed by atoms with Gasteiger partial charge in [0, 0.05) is 11.3 Å². The minimum Gasteiger partial charge on any atom is -0.383 e. The van der Waals surface area contributed by atoms with E-state index in [1.54, 1.807) is 12.1 Å². The number of fused-ring (bicyclic) bond motifs is 1.